The number of nitrogens with one attached hydrogen (secondary N) is 1. The molecule has 3 atom stereocenters. The molecule has 1 heterocycles. The molecular formula is C17H29N3O5. The van der Waals surface area contributed by atoms with Crippen molar-refractivity contribution in [1.82, 2.24) is 10.2 Å². The van der Waals surface area contributed by atoms with Gasteiger partial charge < -0.3 is 25.8 Å². The lowest BCUT2D eigenvalue weighted by Crippen LogP contribution is -2.57. The first-order valence-corrected chi connectivity index (χ1v) is 8.84. The molecule has 3 amide bonds. The number of primary amides is 1. The molecule has 1 saturated carbocycles. The molecule has 1 aliphatic heterocycles. The van der Waals surface area contributed by atoms with E-state index in [9.17, 15) is 19.5 Å². The molecule has 25 heavy (non-hydrogen) atoms. The van der Waals surface area contributed by atoms with Crippen LogP contribution in [0, 0.1) is 5.41 Å². The van der Waals surface area contributed by atoms with Gasteiger partial charge in [0.25, 0.3) is 0 Å². The number of rotatable bonds is 4. The van der Waals surface area contributed by atoms with E-state index in [1.807, 2.05) is 20.8 Å². The summed E-state index contributed by atoms with van der Waals surface area (Å²) >= 11 is 0. The molecule has 2 rings (SSSR count). The van der Waals surface area contributed by atoms with E-state index in [4.69, 9.17) is 10.5 Å². The highest BCUT2D eigenvalue weighted by Crippen LogP contribution is 2.26. The monoisotopic (exact) mass is 355 g/mol. The summed E-state index contributed by atoms with van der Waals surface area (Å²) in [5, 5.41) is 12.5. The number of aliphatic hydroxyl groups is 1. The van der Waals surface area contributed by atoms with Gasteiger partial charge in [-0.05, 0) is 31.1 Å². The minimum atomic E-state index is -0.881. The average molecular weight is 355 g/mol. The van der Waals surface area contributed by atoms with Gasteiger partial charge in [-0.15, -0.1) is 0 Å². The van der Waals surface area contributed by atoms with Crippen LogP contribution in [0.4, 0.5) is 4.79 Å². The van der Waals surface area contributed by atoms with E-state index in [2.05, 4.69) is 5.32 Å². The van der Waals surface area contributed by atoms with Crippen molar-refractivity contribution in [2.75, 3.05) is 6.54 Å². The van der Waals surface area contributed by atoms with Gasteiger partial charge >= 0.3 is 6.09 Å². The molecule has 0 radical (unpaired) electrons. The van der Waals surface area contributed by atoms with Gasteiger partial charge in [0.1, 0.15) is 18.2 Å². The SMILES string of the molecule is CC(C)(C)[C@H](NC(=O)OC1CCCC1)C(=O)N1C[C@@H](O)C[C@H]1C(N)=O. The number of β-amino-alcohol motifs (C(OH)–C–C–N with tert-alkyl or cyclic N) is 1. The van der Waals surface area contributed by atoms with E-state index in [0.717, 1.165) is 25.7 Å². The van der Waals surface area contributed by atoms with E-state index < -0.39 is 41.5 Å². The number of likely N-dealkylation sites (tertiary alicyclic amines) is 1. The number of ether oxygens (including phenoxy) is 1. The molecule has 2 aliphatic rings. The molecule has 142 valence electrons. The fourth-order valence-corrected chi connectivity index (χ4v) is 3.45. The van der Waals surface area contributed by atoms with Crippen LogP contribution in [-0.4, -0.2) is 58.8 Å². The number of hydrogen-bond donors (Lipinski definition) is 3. The van der Waals surface area contributed by atoms with E-state index in [-0.39, 0.29) is 19.1 Å². The molecule has 0 aromatic carbocycles. The Morgan fingerprint density at radius 3 is 2.36 bits per heavy atom. The maximum Gasteiger partial charge on any atom is 0.408 e. The first-order chi connectivity index (χ1) is 11.6. The van der Waals surface area contributed by atoms with Gasteiger partial charge in [0.2, 0.25) is 11.8 Å². The Morgan fingerprint density at radius 1 is 1.24 bits per heavy atom. The second-order valence-electron chi connectivity index (χ2n) is 8.05. The number of nitrogens with zero attached hydrogens (tertiary/aromatic N) is 1. The Balaban J connectivity index is 2.09. The average Bonchev–Trinajstić information content (AvgIpc) is 3.12. The summed E-state index contributed by atoms with van der Waals surface area (Å²) in [6, 6.07) is -1.74. The summed E-state index contributed by atoms with van der Waals surface area (Å²) in [5.41, 5.74) is 4.76. The molecular weight excluding hydrogens is 326 g/mol. The smallest absolute Gasteiger partial charge is 0.408 e. The molecule has 4 N–H and O–H groups in total. The van der Waals surface area contributed by atoms with Gasteiger partial charge in [0.05, 0.1) is 6.10 Å². The Morgan fingerprint density at radius 2 is 1.84 bits per heavy atom. The highest BCUT2D eigenvalue weighted by molar-refractivity contribution is 5.91. The Hall–Kier alpha value is -1.83. The second-order valence-corrected chi connectivity index (χ2v) is 8.05. The summed E-state index contributed by atoms with van der Waals surface area (Å²) in [5.74, 6) is -1.10. The number of carbonyl (C=O) groups excluding carboxylic acids is 3. The van der Waals surface area contributed by atoms with E-state index in [0.29, 0.717) is 0 Å². The number of hydrogen-bond acceptors (Lipinski definition) is 5. The van der Waals surface area contributed by atoms with Crippen molar-refractivity contribution in [2.24, 2.45) is 11.1 Å². The fourth-order valence-electron chi connectivity index (χ4n) is 3.45. The lowest BCUT2D eigenvalue weighted by molar-refractivity contribution is -0.141. The van der Waals surface area contributed by atoms with Crippen molar-refractivity contribution in [3.8, 4) is 0 Å². The van der Waals surface area contributed by atoms with Gasteiger partial charge in [0, 0.05) is 13.0 Å². The zero-order chi connectivity index (χ0) is 18.8. The number of aliphatic hydroxyl groups excluding tert-OH is 1. The number of alkyl carbamates (subject to hydrolysis) is 1. The number of carbonyl (C=O) groups is 3. The third kappa shape index (κ3) is 4.84. The molecule has 0 aromatic heterocycles. The molecule has 0 bridgehead atoms. The van der Waals surface area contributed by atoms with Crippen molar-refractivity contribution >= 4 is 17.9 Å². The van der Waals surface area contributed by atoms with Gasteiger partial charge in [-0.2, -0.15) is 0 Å². The van der Waals surface area contributed by atoms with Crippen LogP contribution >= 0.6 is 0 Å². The predicted octanol–water partition coefficient (Wildman–Crippen LogP) is 0.517. The molecule has 8 heteroatoms. The molecule has 1 aliphatic carbocycles. The van der Waals surface area contributed by atoms with Crippen LogP contribution in [-0.2, 0) is 14.3 Å². The van der Waals surface area contributed by atoms with Gasteiger partial charge in [-0.1, -0.05) is 20.8 Å². The van der Waals surface area contributed by atoms with Crippen molar-refractivity contribution < 1.29 is 24.2 Å². The van der Waals surface area contributed by atoms with Crippen LogP contribution < -0.4 is 11.1 Å². The number of nitrogens with two attached hydrogens (primary N) is 1. The zero-order valence-electron chi connectivity index (χ0n) is 15.2. The summed E-state index contributed by atoms with van der Waals surface area (Å²) in [7, 11) is 0. The van der Waals surface area contributed by atoms with E-state index in [1.54, 1.807) is 0 Å². The highest BCUT2D eigenvalue weighted by atomic mass is 16.6. The van der Waals surface area contributed by atoms with Crippen LogP contribution in [0.1, 0.15) is 52.9 Å². The maximum absolute atomic E-state index is 13.0. The zero-order valence-corrected chi connectivity index (χ0v) is 15.2. The molecule has 0 aromatic rings. The predicted molar refractivity (Wildman–Crippen MR) is 90.4 cm³/mol. The third-order valence-electron chi connectivity index (χ3n) is 4.84. The quantitative estimate of drug-likeness (QED) is 0.678. The number of amides is 3. The van der Waals surface area contributed by atoms with Crippen LogP contribution in [0.5, 0.6) is 0 Å². The first kappa shape index (κ1) is 19.5. The largest absolute Gasteiger partial charge is 0.446 e. The molecule has 1 saturated heterocycles. The van der Waals surface area contributed by atoms with E-state index >= 15 is 0 Å². The van der Waals surface area contributed by atoms with Gasteiger partial charge in [-0.3, -0.25) is 9.59 Å². The van der Waals surface area contributed by atoms with Crippen LogP contribution in [0.3, 0.4) is 0 Å². The van der Waals surface area contributed by atoms with Crippen molar-refractivity contribution in [2.45, 2.75) is 77.2 Å². The maximum atomic E-state index is 13.0. The third-order valence-corrected chi connectivity index (χ3v) is 4.84. The standard InChI is InChI=1S/C17H29N3O5/c1-17(2,3)13(19-16(24)25-11-6-4-5-7-11)15(23)20-9-10(21)8-12(20)14(18)22/h10-13,21H,4-9H2,1-3H3,(H2,18,22)(H,19,24)/t10-,12-,13+/m0/s1. The fraction of sp³-hybridized carbons (Fsp3) is 0.824. The topological polar surface area (TPSA) is 122 Å². The summed E-state index contributed by atoms with van der Waals surface area (Å²) in [6.45, 7) is 5.48. The first-order valence-electron chi connectivity index (χ1n) is 8.84. The van der Waals surface area contributed by atoms with Crippen molar-refractivity contribution in [3.05, 3.63) is 0 Å². The molecule has 2 fully saturated rings. The normalized spacial score (nSPS) is 25.7. The van der Waals surface area contributed by atoms with Crippen LogP contribution in [0.15, 0.2) is 0 Å². The lowest BCUT2D eigenvalue weighted by Gasteiger charge is -2.34. The highest BCUT2D eigenvalue weighted by Gasteiger charge is 2.44. The summed E-state index contributed by atoms with van der Waals surface area (Å²) in [4.78, 5) is 38.0. The van der Waals surface area contributed by atoms with E-state index in [1.165, 1.54) is 4.90 Å². The molecule has 0 spiro atoms. The summed E-state index contributed by atoms with van der Waals surface area (Å²) in [6.07, 6.45) is 2.32. The minimum absolute atomic E-state index is 0.0262. The van der Waals surface area contributed by atoms with Crippen molar-refractivity contribution in [3.63, 3.8) is 0 Å². The molecule has 8 nitrogen and oxygen atoms in total. The summed E-state index contributed by atoms with van der Waals surface area (Å²) < 4.78 is 5.38. The minimum Gasteiger partial charge on any atom is -0.446 e. The molecule has 0 unspecified atom stereocenters. The van der Waals surface area contributed by atoms with Crippen molar-refractivity contribution in [1.29, 1.82) is 0 Å². The lowest BCUT2D eigenvalue weighted by atomic mass is 9.85. The van der Waals surface area contributed by atoms with Gasteiger partial charge in [-0.25, -0.2) is 4.79 Å². The van der Waals surface area contributed by atoms with Crippen LogP contribution in [0.25, 0.3) is 0 Å². The van der Waals surface area contributed by atoms with Gasteiger partial charge in [0.15, 0.2) is 0 Å². The Labute approximate surface area is 148 Å². The Bertz CT molecular complexity index is 525. The van der Waals surface area contributed by atoms with Crippen LogP contribution in [0.2, 0.25) is 0 Å². The Kier molecular flexibility index (Phi) is 5.92. The second kappa shape index (κ2) is 7.59.